The molecule has 0 aliphatic rings. The molecular weight excluding hydrogens is 300 g/mol. The second-order valence-corrected chi connectivity index (χ2v) is 5.72. The Morgan fingerprint density at radius 2 is 1.83 bits per heavy atom. The monoisotopic (exact) mass is 316 g/mol. The summed E-state index contributed by atoms with van der Waals surface area (Å²) in [6, 6.07) is 18.7. The van der Waals surface area contributed by atoms with Gasteiger partial charge in [0.15, 0.2) is 0 Å². The van der Waals surface area contributed by atoms with Gasteiger partial charge in [-0.15, -0.1) is 0 Å². The van der Waals surface area contributed by atoms with Crippen LogP contribution < -0.4 is 10.5 Å². The Balaban J connectivity index is 1.90. The molecule has 0 aliphatic carbocycles. The van der Waals surface area contributed by atoms with Crippen LogP contribution in [0.4, 0.5) is 5.69 Å². The maximum Gasteiger partial charge on any atom is 0.209 e. The van der Waals surface area contributed by atoms with E-state index in [1.807, 2.05) is 36.4 Å². The number of nitrogens with one attached hydrogen (secondary N) is 1. The third-order valence-electron chi connectivity index (χ3n) is 4.24. The van der Waals surface area contributed by atoms with Gasteiger partial charge in [-0.1, -0.05) is 18.2 Å². The molecule has 0 radical (unpaired) electrons. The summed E-state index contributed by atoms with van der Waals surface area (Å²) in [5, 5.41) is 3.06. The van der Waals surface area contributed by atoms with Crippen molar-refractivity contribution in [1.29, 1.82) is 0 Å². The highest BCUT2D eigenvalue weighted by atomic mass is 16.5. The number of carbonyl (C=O) groups excluding carboxylic acids is 1. The van der Waals surface area contributed by atoms with Gasteiger partial charge in [-0.05, 0) is 47.9 Å². The van der Waals surface area contributed by atoms with Gasteiger partial charge in [-0.2, -0.15) is 0 Å². The molecule has 0 saturated carbocycles. The molecule has 1 heterocycles. The number of ketones is 1. The largest absolute Gasteiger partial charge is 0.496 e. The van der Waals surface area contributed by atoms with Crippen molar-refractivity contribution >= 4 is 33.1 Å². The van der Waals surface area contributed by atoms with Gasteiger partial charge in [0.05, 0.1) is 12.8 Å². The molecule has 4 heteroatoms. The van der Waals surface area contributed by atoms with Crippen LogP contribution in [0.15, 0.2) is 60.7 Å². The molecule has 0 atom stereocenters. The number of hydrogen-bond acceptors (Lipinski definition) is 3. The number of benzene rings is 3. The van der Waals surface area contributed by atoms with Crippen molar-refractivity contribution in [3.05, 3.63) is 71.9 Å². The molecule has 4 rings (SSSR count). The lowest BCUT2D eigenvalue weighted by Crippen LogP contribution is -2.01. The summed E-state index contributed by atoms with van der Waals surface area (Å²) in [7, 11) is 1.65. The fraction of sp³-hybridized carbons (Fsp3) is 0.0500. The molecule has 4 nitrogen and oxygen atoms in total. The van der Waals surface area contributed by atoms with E-state index < -0.39 is 0 Å². The fourth-order valence-corrected chi connectivity index (χ4v) is 3.04. The Morgan fingerprint density at radius 1 is 1.04 bits per heavy atom. The molecule has 0 amide bonds. The van der Waals surface area contributed by atoms with Crippen LogP contribution in [0, 0.1) is 0 Å². The van der Waals surface area contributed by atoms with Crippen LogP contribution >= 0.6 is 0 Å². The molecular formula is C20H16N2O2. The van der Waals surface area contributed by atoms with Crippen molar-refractivity contribution in [1.82, 2.24) is 4.98 Å². The first-order valence-corrected chi connectivity index (χ1v) is 7.66. The SMILES string of the molecule is COc1cccc2ccc3[nH]c(C(=O)c4ccc(N)cc4)cc3c12. The lowest BCUT2D eigenvalue weighted by Gasteiger charge is -2.06. The normalized spacial score (nSPS) is 11.0. The van der Waals surface area contributed by atoms with E-state index in [0.29, 0.717) is 16.9 Å². The highest BCUT2D eigenvalue weighted by Crippen LogP contribution is 2.33. The molecule has 0 unspecified atom stereocenters. The Labute approximate surface area is 138 Å². The van der Waals surface area contributed by atoms with Crippen molar-refractivity contribution in [2.24, 2.45) is 0 Å². The number of ether oxygens (including phenoxy) is 1. The summed E-state index contributed by atoms with van der Waals surface area (Å²) in [5.74, 6) is 0.734. The first-order valence-electron chi connectivity index (χ1n) is 7.66. The van der Waals surface area contributed by atoms with Gasteiger partial charge < -0.3 is 15.5 Å². The number of aromatic amines is 1. The molecule has 3 aromatic carbocycles. The third-order valence-corrected chi connectivity index (χ3v) is 4.24. The van der Waals surface area contributed by atoms with E-state index in [4.69, 9.17) is 10.5 Å². The molecule has 0 fully saturated rings. The molecule has 3 N–H and O–H groups in total. The van der Waals surface area contributed by atoms with Crippen molar-refractivity contribution in [3.63, 3.8) is 0 Å². The predicted octanol–water partition coefficient (Wildman–Crippen LogP) is 4.14. The van der Waals surface area contributed by atoms with Crippen LogP contribution in [0.5, 0.6) is 5.75 Å². The topological polar surface area (TPSA) is 68.1 Å². The van der Waals surface area contributed by atoms with Gasteiger partial charge >= 0.3 is 0 Å². The zero-order valence-electron chi connectivity index (χ0n) is 13.2. The van der Waals surface area contributed by atoms with Gasteiger partial charge in [-0.25, -0.2) is 0 Å². The zero-order valence-corrected chi connectivity index (χ0v) is 13.2. The highest BCUT2D eigenvalue weighted by molar-refractivity contribution is 6.15. The van der Waals surface area contributed by atoms with Crippen LogP contribution in [0.1, 0.15) is 16.1 Å². The Bertz CT molecular complexity index is 1060. The van der Waals surface area contributed by atoms with Gasteiger partial charge in [0.25, 0.3) is 0 Å². The molecule has 0 saturated heterocycles. The number of hydrogen-bond donors (Lipinski definition) is 2. The molecule has 4 aromatic rings. The first-order chi connectivity index (χ1) is 11.7. The number of anilines is 1. The van der Waals surface area contributed by atoms with Gasteiger partial charge in [0.1, 0.15) is 5.75 Å². The number of methoxy groups -OCH3 is 1. The Morgan fingerprint density at radius 3 is 2.58 bits per heavy atom. The Kier molecular flexibility index (Phi) is 3.24. The summed E-state index contributed by atoms with van der Waals surface area (Å²) in [4.78, 5) is 15.9. The summed E-state index contributed by atoms with van der Waals surface area (Å²) < 4.78 is 5.49. The smallest absolute Gasteiger partial charge is 0.209 e. The fourth-order valence-electron chi connectivity index (χ4n) is 3.04. The van der Waals surface area contributed by atoms with E-state index >= 15 is 0 Å². The minimum absolute atomic E-state index is 0.0609. The van der Waals surface area contributed by atoms with Crippen LogP contribution in [-0.2, 0) is 0 Å². The van der Waals surface area contributed by atoms with E-state index in [1.54, 1.807) is 31.4 Å². The maximum absolute atomic E-state index is 12.7. The third kappa shape index (κ3) is 2.20. The first kappa shape index (κ1) is 14.3. The number of carbonyl (C=O) groups is 1. The average Bonchev–Trinajstić information content (AvgIpc) is 3.05. The summed E-state index contributed by atoms with van der Waals surface area (Å²) >= 11 is 0. The minimum Gasteiger partial charge on any atom is -0.496 e. The molecule has 0 spiro atoms. The zero-order chi connectivity index (χ0) is 16.7. The number of nitrogen functional groups attached to an aromatic ring is 1. The molecule has 118 valence electrons. The van der Waals surface area contributed by atoms with E-state index in [9.17, 15) is 4.79 Å². The van der Waals surface area contributed by atoms with Gasteiger partial charge in [0, 0.05) is 27.5 Å². The van der Waals surface area contributed by atoms with Crippen molar-refractivity contribution in [3.8, 4) is 5.75 Å². The lowest BCUT2D eigenvalue weighted by atomic mass is 10.0. The second kappa shape index (κ2) is 5.42. The van der Waals surface area contributed by atoms with Crippen molar-refractivity contribution in [2.45, 2.75) is 0 Å². The molecule has 1 aromatic heterocycles. The number of aromatic nitrogens is 1. The molecule has 0 bridgehead atoms. The van der Waals surface area contributed by atoms with E-state index in [2.05, 4.69) is 4.98 Å². The number of fused-ring (bicyclic) bond motifs is 3. The van der Waals surface area contributed by atoms with Crippen molar-refractivity contribution in [2.75, 3.05) is 12.8 Å². The number of rotatable bonds is 3. The van der Waals surface area contributed by atoms with Gasteiger partial charge in [0.2, 0.25) is 5.78 Å². The number of nitrogens with two attached hydrogens (primary N) is 1. The Hall–Kier alpha value is -3.27. The van der Waals surface area contributed by atoms with Crippen LogP contribution in [0.3, 0.4) is 0 Å². The van der Waals surface area contributed by atoms with Crippen molar-refractivity contribution < 1.29 is 9.53 Å². The van der Waals surface area contributed by atoms with E-state index in [1.165, 1.54) is 0 Å². The minimum atomic E-state index is -0.0609. The van der Waals surface area contributed by atoms with E-state index in [-0.39, 0.29) is 5.78 Å². The average molecular weight is 316 g/mol. The predicted molar refractivity (Wildman–Crippen MR) is 96.6 cm³/mol. The number of H-pyrrole nitrogens is 1. The van der Waals surface area contributed by atoms with Crippen LogP contribution in [0.25, 0.3) is 21.7 Å². The standard InChI is InChI=1S/C20H16N2O2/c1-24-18-4-2-3-12-7-10-16-15(19(12)18)11-17(22-16)20(23)13-5-8-14(21)9-6-13/h2-11,22H,21H2,1H3. The maximum atomic E-state index is 12.7. The molecule has 24 heavy (non-hydrogen) atoms. The second-order valence-electron chi connectivity index (χ2n) is 5.72. The molecule has 0 aliphatic heterocycles. The van der Waals surface area contributed by atoms with Gasteiger partial charge in [-0.3, -0.25) is 4.79 Å². The highest BCUT2D eigenvalue weighted by Gasteiger charge is 2.15. The summed E-state index contributed by atoms with van der Waals surface area (Å²) in [6.45, 7) is 0. The summed E-state index contributed by atoms with van der Waals surface area (Å²) in [5.41, 5.74) is 8.39. The van der Waals surface area contributed by atoms with Crippen LogP contribution in [0.2, 0.25) is 0 Å². The summed E-state index contributed by atoms with van der Waals surface area (Å²) in [6.07, 6.45) is 0. The lowest BCUT2D eigenvalue weighted by molar-refractivity contribution is 0.103. The van der Waals surface area contributed by atoms with Crippen LogP contribution in [-0.4, -0.2) is 17.9 Å². The van der Waals surface area contributed by atoms with E-state index in [0.717, 1.165) is 27.4 Å². The quantitative estimate of drug-likeness (QED) is 0.441.